The maximum atomic E-state index is 12.7. The van der Waals surface area contributed by atoms with Crippen LogP contribution in [0.3, 0.4) is 0 Å². The van der Waals surface area contributed by atoms with Gasteiger partial charge in [0.25, 0.3) is 0 Å². The van der Waals surface area contributed by atoms with Crippen LogP contribution in [-0.4, -0.2) is 39.8 Å². The second-order valence-electron chi connectivity index (χ2n) is 8.58. The van der Waals surface area contributed by atoms with Gasteiger partial charge in [0.15, 0.2) is 0 Å². The molecule has 0 spiro atoms. The summed E-state index contributed by atoms with van der Waals surface area (Å²) in [4.78, 5) is 12.7. The number of nitrogens with one attached hydrogen (secondary N) is 1. The number of sulfonamides is 1. The zero-order valence-electron chi connectivity index (χ0n) is 18.9. The SMILES string of the molecule is Cc1ccc(Cl)cc1N([C@@H](C)C(=O)NCCOc1ccc(C(C)(C)C)cc1)S(C)(=O)=O. The molecule has 0 unspecified atom stereocenters. The third-order valence-corrected chi connectivity index (χ3v) is 6.35. The summed E-state index contributed by atoms with van der Waals surface area (Å²) < 4.78 is 31.6. The fourth-order valence-corrected chi connectivity index (χ4v) is 4.53. The van der Waals surface area contributed by atoms with Gasteiger partial charge in [0.1, 0.15) is 18.4 Å². The summed E-state index contributed by atoms with van der Waals surface area (Å²) in [5.41, 5.74) is 2.36. The van der Waals surface area contributed by atoms with Crippen molar-refractivity contribution in [3.8, 4) is 5.75 Å². The molecule has 0 aliphatic heterocycles. The first kappa shape index (κ1) is 25.0. The van der Waals surface area contributed by atoms with E-state index < -0.39 is 22.0 Å². The minimum Gasteiger partial charge on any atom is -0.492 e. The molecule has 0 saturated heterocycles. The number of aryl methyl sites for hydroxylation is 1. The van der Waals surface area contributed by atoms with E-state index in [0.29, 0.717) is 22.0 Å². The van der Waals surface area contributed by atoms with Crippen LogP contribution in [0.25, 0.3) is 0 Å². The second-order valence-corrected chi connectivity index (χ2v) is 10.9. The number of hydrogen-bond acceptors (Lipinski definition) is 4. The molecule has 1 atom stereocenters. The molecule has 0 heterocycles. The lowest BCUT2D eigenvalue weighted by molar-refractivity contribution is -0.121. The molecule has 170 valence electrons. The fraction of sp³-hybridized carbons (Fsp3) is 0.435. The van der Waals surface area contributed by atoms with Crippen LogP contribution in [0.1, 0.15) is 38.8 Å². The predicted octanol–water partition coefficient (Wildman–Crippen LogP) is 4.30. The van der Waals surface area contributed by atoms with Crippen molar-refractivity contribution in [2.45, 2.75) is 46.1 Å². The van der Waals surface area contributed by atoms with E-state index in [1.807, 2.05) is 24.3 Å². The molecular weight excluding hydrogens is 436 g/mol. The molecule has 0 aliphatic rings. The minimum atomic E-state index is -3.71. The Hall–Kier alpha value is -2.25. The summed E-state index contributed by atoms with van der Waals surface area (Å²) in [6.45, 7) is 10.3. The molecular formula is C23H31ClN2O4S. The highest BCUT2D eigenvalue weighted by Crippen LogP contribution is 2.28. The maximum Gasteiger partial charge on any atom is 0.243 e. The molecule has 6 nitrogen and oxygen atoms in total. The van der Waals surface area contributed by atoms with Crippen molar-refractivity contribution >= 4 is 33.2 Å². The number of carbonyl (C=O) groups excluding carboxylic acids is 1. The average molecular weight is 467 g/mol. The van der Waals surface area contributed by atoms with E-state index in [-0.39, 0.29) is 18.6 Å². The number of amides is 1. The van der Waals surface area contributed by atoms with Gasteiger partial charge in [0.2, 0.25) is 15.9 Å². The number of ether oxygens (including phenoxy) is 1. The number of nitrogens with zero attached hydrogens (tertiary/aromatic N) is 1. The molecule has 2 rings (SSSR count). The zero-order valence-corrected chi connectivity index (χ0v) is 20.5. The highest BCUT2D eigenvalue weighted by molar-refractivity contribution is 7.92. The molecule has 2 aromatic rings. The Morgan fingerprint density at radius 1 is 1.16 bits per heavy atom. The Morgan fingerprint density at radius 3 is 2.32 bits per heavy atom. The van der Waals surface area contributed by atoms with Gasteiger partial charge in [-0.15, -0.1) is 0 Å². The minimum absolute atomic E-state index is 0.0649. The molecule has 0 radical (unpaired) electrons. The highest BCUT2D eigenvalue weighted by Gasteiger charge is 2.30. The molecule has 31 heavy (non-hydrogen) atoms. The van der Waals surface area contributed by atoms with E-state index in [2.05, 4.69) is 26.1 Å². The van der Waals surface area contributed by atoms with Gasteiger partial charge in [-0.25, -0.2) is 8.42 Å². The van der Waals surface area contributed by atoms with Gasteiger partial charge < -0.3 is 10.1 Å². The van der Waals surface area contributed by atoms with Gasteiger partial charge in [0, 0.05) is 5.02 Å². The second kappa shape index (κ2) is 9.92. The van der Waals surface area contributed by atoms with E-state index in [9.17, 15) is 13.2 Å². The highest BCUT2D eigenvalue weighted by atomic mass is 35.5. The Balaban J connectivity index is 1.99. The van der Waals surface area contributed by atoms with Crippen LogP contribution in [0.2, 0.25) is 5.02 Å². The largest absolute Gasteiger partial charge is 0.492 e. The van der Waals surface area contributed by atoms with Crippen molar-refractivity contribution in [2.75, 3.05) is 23.7 Å². The van der Waals surface area contributed by atoms with Crippen molar-refractivity contribution in [3.63, 3.8) is 0 Å². The van der Waals surface area contributed by atoms with Crippen LogP contribution in [0.4, 0.5) is 5.69 Å². The van der Waals surface area contributed by atoms with Crippen LogP contribution in [0, 0.1) is 6.92 Å². The molecule has 0 fully saturated rings. The fourth-order valence-electron chi connectivity index (χ4n) is 3.14. The van der Waals surface area contributed by atoms with Crippen LogP contribution in [-0.2, 0) is 20.2 Å². The van der Waals surface area contributed by atoms with E-state index in [0.717, 1.165) is 10.6 Å². The van der Waals surface area contributed by atoms with E-state index in [1.54, 1.807) is 32.0 Å². The summed E-state index contributed by atoms with van der Waals surface area (Å²) >= 11 is 6.05. The lowest BCUT2D eigenvalue weighted by Gasteiger charge is -2.29. The van der Waals surface area contributed by atoms with Gasteiger partial charge in [-0.1, -0.05) is 50.6 Å². The van der Waals surface area contributed by atoms with Crippen LogP contribution < -0.4 is 14.4 Å². The third-order valence-electron chi connectivity index (χ3n) is 4.89. The van der Waals surface area contributed by atoms with Crippen molar-refractivity contribution < 1.29 is 17.9 Å². The Morgan fingerprint density at radius 2 is 1.77 bits per heavy atom. The summed E-state index contributed by atoms with van der Waals surface area (Å²) in [5.74, 6) is 0.291. The van der Waals surface area contributed by atoms with Gasteiger partial charge in [-0.2, -0.15) is 0 Å². The third kappa shape index (κ3) is 6.87. The monoisotopic (exact) mass is 466 g/mol. The summed E-state index contributed by atoms with van der Waals surface area (Å²) in [5, 5.41) is 3.14. The Kier molecular flexibility index (Phi) is 8.00. The summed E-state index contributed by atoms with van der Waals surface area (Å²) in [7, 11) is -3.71. The van der Waals surface area contributed by atoms with Crippen molar-refractivity contribution in [1.82, 2.24) is 5.32 Å². The number of benzene rings is 2. The summed E-state index contributed by atoms with van der Waals surface area (Å²) in [6, 6.07) is 11.8. The number of halogens is 1. The van der Waals surface area contributed by atoms with Gasteiger partial charge in [-0.05, 0) is 54.7 Å². The quantitative estimate of drug-likeness (QED) is 0.588. The van der Waals surface area contributed by atoms with E-state index in [4.69, 9.17) is 16.3 Å². The normalized spacial score (nSPS) is 12.9. The molecule has 0 aliphatic carbocycles. The van der Waals surface area contributed by atoms with Crippen LogP contribution in [0.5, 0.6) is 5.75 Å². The zero-order chi connectivity index (χ0) is 23.4. The predicted molar refractivity (Wildman–Crippen MR) is 127 cm³/mol. The molecule has 0 saturated carbocycles. The first-order chi connectivity index (χ1) is 14.3. The molecule has 8 heteroatoms. The van der Waals surface area contributed by atoms with Crippen LogP contribution in [0.15, 0.2) is 42.5 Å². The first-order valence-electron chi connectivity index (χ1n) is 10.1. The van der Waals surface area contributed by atoms with E-state index >= 15 is 0 Å². The number of carbonyl (C=O) groups is 1. The van der Waals surface area contributed by atoms with Gasteiger partial charge >= 0.3 is 0 Å². The number of anilines is 1. The maximum absolute atomic E-state index is 12.7. The Labute approximate surface area is 190 Å². The number of hydrogen-bond donors (Lipinski definition) is 1. The Bertz CT molecular complexity index is 1010. The standard InChI is InChI=1S/C23H31ClN2O4S/c1-16-7-10-19(24)15-21(16)26(31(6,28)29)17(2)22(27)25-13-14-30-20-11-8-18(9-12-20)23(3,4)5/h7-12,15,17H,13-14H2,1-6H3,(H,25,27)/t17-/m0/s1. The lowest BCUT2D eigenvalue weighted by Crippen LogP contribution is -2.48. The van der Waals surface area contributed by atoms with E-state index in [1.165, 1.54) is 5.56 Å². The molecule has 1 N–H and O–H groups in total. The molecule has 1 amide bonds. The number of rotatable bonds is 8. The lowest BCUT2D eigenvalue weighted by atomic mass is 9.87. The molecule has 0 bridgehead atoms. The average Bonchev–Trinajstić information content (AvgIpc) is 2.66. The van der Waals surface area contributed by atoms with Crippen molar-refractivity contribution in [1.29, 1.82) is 0 Å². The van der Waals surface area contributed by atoms with Gasteiger partial charge in [-0.3, -0.25) is 9.10 Å². The topological polar surface area (TPSA) is 75.7 Å². The summed E-state index contributed by atoms with van der Waals surface area (Å²) in [6.07, 6.45) is 1.07. The van der Waals surface area contributed by atoms with Crippen LogP contribution >= 0.6 is 11.6 Å². The molecule has 0 aromatic heterocycles. The first-order valence-corrected chi connectivity index (χ1v) is 12.3. The van der Waals surface area contributed by atoms with Crippen molar-refractivity contribution in [3.05, 3.63) is 58.6 Å². The van der Waals surface area contributed by atoms with Crippen molar-refractivity contribution in [2.24, 2.45) is 0 Å². The van der Waals surface area contributed by atoms with Gasteiger partial charge in [0.05, 0.1) is 18.5 Å². The molecule has 2 aromatic carbocycles. The smallest absolute Gasteiger partial charge is 0.243 e.